The molecule has 25 heavy (non-hydrogen) atoms. The van der Waals surface area contributed by atoms with Gasteiger partial charge < -0.3 is 15.4 Å². The number of aromatic nitrogens is 3. The van der Waals surface area contributed by atoms with Gasteiger partial charge in [-0.3, -0.25) is 15.0 Å². The Hall–Kier alpha value is -2.73. The molecule has 128 valence electrons. The van der Waals surface area contributed by atoms with Crippen LogP contribution in [0.1, 0.15) is 18.4 Å². The molecule has 3 heterocycles. The summed E-state index contributed by atoms with van der Waals surface area (Å²) in [5.74, 6) is 0.863. The Labute approximate surface area is 146 Å². The second kappa shape index (κ2) is 7.44. The minimum absolute atomic E-state index is 0.264. The van der Waals surface area contributed by atoms with Gasteiger partial charge in [0.1, 0.15) is 11.9 Å². The van der Waals surface area contributed by atoms with Crippen molar-refractivity contribution in [2.45, 2.75) is 25.5 Å². The average molecular weight is 335 g/mol. The molecule has 0 amide bonds. The van der Waals surface area contributed by atoms with Gasteiger partial charge in [-0.15, -0.1) is 0 Å². The normalized spacial score (nSPS) is 15.2. The van der Waals surface area contributed by atoms with Gasteiger partial charge in [0.05, 0.1) is 22.9 Å². The number of nitrogens with one attached hydrogen (secondary N) is 2. The third-order valence-electron chi connectivity index (χ3n) is 4.38. The van der Waals surface area contributed by atoms with Crippen LogP contribution >= 0.6 is 0 Å². The van der Waals surface area contributed by atoms with Crippen molar-refractivity contribution in [1.29, 1.82) is 0 Å². The van der Waals surface area contributed by atoms with Crippen LogP contribution < -0.4 is 15.4 Å². The van der Waals surface area contributed by atoms with E-state index in [2.05, 4.69) is 37.7 Å². The minimum Gasteiger partial charge on any atom is -0.488 e. The maximum atomic E-state index is 6.18. The first-order valence-electron chi connectivity index (χ1n) is 8.63. The van der Waals surface area contributed by atoms with E-state index < -0.39 is 0 Å². The van der Waals surface area contributed by atoms with Crippen LogP contribution in [0.4, 0.5) is 5.69 Å². The first kappa shape index (κ1) is 15.8. The molecule has 3 aromatic rings. The molecule has 2 N–H and O–H groups in total. The van der Waals surface area contributed by atoms with E-state index in [9.17, 15) is 0 Å². The molecule has 0 spiro atoms. The quantitative estimate of drug-likeness (QED) is 0.747. The molecular formula is C19H21N5O. The molecule has 4 rings (SSSR count). The number of ether oxygens (including phenoxy) is 1. The first-order valence-corrected chi connectivity index (χ1v) is 8.63. The Morgan fingerprint density at radius 2 is 1.88 bits per heavy atom. The number of fused-ring (bicyclic) bond motifs is 1. The number of hydrogen-bond acceptors (Lipinski definition) is 6. The van der Waals surface area contributed by atoms with Crippen molar-refractivity contribution in [2.24, 2.45) is 0 Å². The summed E-state index contributed by atoms with van der Waals surface area (Å²) in [6, 6.07) is 8.04. The number of piperidine rings is 1. The summed E-state index contributed by atoms with van der Waals surface area (Å²) in [6.07, 6.45) is 9.34. The standard InChI is InChI=1S/C19H21N5O/c1-2-16-17(23-10-9-22-16)11-14(1)12-24-18-13-21-8-5-19(18)25-15-3-6-20-7-4-15/h1-2,5,8-11,13,15,20,24H,3-4,6-7,12H2. The number of hydrogen-bond donors (Lipinski definition) is 2. The molecule has 1 aromatic carbocycles. The van der Waals surface area contributed by atoms with Gasteiger partial charge in [0.25, 0.3) is 0 Å². The van der Waals surface area contributed by atoms with Crippen molar-refractivity contribution in [3.63, 3.8) is 0 Å². The van der Waals surface area contributed by atoms with Crippen LogP contribution in [-0.2, 0) is 6.54 Å². The Morgan fingerprint density at radius 1 is 1.04 bits per heavy atom. The highest BCUT2D eigenvalue weighted by Gasteiger charge is 2.16. The largest absolute Gasteiger partial charge is 0.488 e. The van der Waals surface area contributed by atoms with Crippen molar-refractivity contribution >= 4 is 16.7 Å². The first-order chi connectivity index (χ1) is 12.4. The SMILES string of the molecule is c1cc(OC2CCNCC2)c(NCc2ccc3nccnc3c2)cn1. The van der Waals surface area contributed by atoms with Gasteiger partial charge >= 0.3 is 0 Å². The zero-order valence-corrected chi connectivity index (χ0v) is 14.0. The van der Waals surface area contributed by atoms with Crippen LogP contribution in [0.2, 0.25) is 0 Å². The maximum Gasteiger partial charge on any atom is 0.145 e. The third kappa shape index (κ3) is 3.85. The average Bonchev–Trinajstić information content (AvgIpc) is 2.68. The fourth-order valence-electron chi connectivity index (χ4n) is 3.03. The number of rotatable bonds is 5. The molecule has 0 unspecified atom stereocenters. The van der Waals surface area contributed by atoms with E-state index >= 15 is 0 Å². The third-order valence-corrected chi connectivity index (χ3v) is 4.38. The Kier molecular flexibility index (Phi) is 4.70. The molecule has 6 nitrogen and oxygen atoms in total. The summed E-state index contributed by atoms with van der Waals surface area (Å²) >= 11 is 0. The number of nitrogens with zero attached hydrogens (tertiary/aromatic N) is 3. The predicted octanol–water partition coefficient (Wildman–Crippen LogP) is 2.77. The lowest BCUT2D eigenvalue weighted by Crippen LogP contribution is -2.34. The van der Waals surface area contributed by atoms with E-state index in [4.69, 9.17) is 4.74 Å². The number of pyridine rings is 1. The summed E-state index contributed by atoms with van der Waals surface area (Å²) in [6.45, 7) is 2.70. The molecular weight excluding hydrogens is 314 g/mol. The molecule has 6 heteroatoms. The number of benzene rings is 1. The van der Waals surface area contributed by atoms with Crippen LogP contribution in [0.5, 0.6) is 5.75 Å². The summed E-state index contributed by atoms with van der Waals surface area (Å²) in [5, 5.41) is 6.79. The van der Waals surface area contributed by atoms with Crippen LogP contribution in [0, 0.1) is 0 Å². The second-order valence-corrected chi connectivity index (χ2v) is 6.17. The maximum absolute atomic E-state index is 6.18. The molecule has 0 bridgehead atoms. The Bertz CT molecular complexity index is 848. The van der Waals surface area contributed by atoms with Gasteiger partial charge in [0.2, 0.25) is 0 Å². The molecule has 1 fully saturated rings. The molecule has 1 aliphatic rings. The van der Waals surface area contributed by atoms with Gasteiger partial charge in [0, 0.05) is 31.2 Å². The van der Waals surface area contributed by atoms with E-state index in [0.717, 1.165) is 54.0 Å². The molecule has 1 saturated heterocycles. The molecule has 1 aliphatic heterocycles. The summed E-state index contributed by atoms with van der Waals surface area (Å²) < 4.78 is 6.18. The highest BCUT2D eigenvalue weighted by atomic mass is 16.5. The van der Waals surface area contributed by atoms with Gasteiger partial charge in [-0.2, -0.15) is 0 Å². The van der Waals surface area contributed by atoms with E-state index in [1.807, 2.05) is 18.3 Å². The van der Waals surface area contributed by atoms with E-state index in [-0.39, 0.29) is 6.10 Å². The Balaban J connectivity index is 1.46. The van der Waals surface area contributed by atoms with Gasteiger partial charge in [-0.05, 0) is 43.6 Å². The fraction of sp³-hybridized carbons (Fsp3) is 0.316. The Morgan fingerprint density at radius 3 is 2.76 bits per heavy atom. The van der Waals surface area contributed by atoms with Crippen molar-refractivity contribution in [1.82, 2.24) is 20.3 Å². The van der Waals surface area contributed by atoms with Crippen molar-refractivity contribution < 1.29 is 4.74 Å². The molecule has 0 radical (unpaired) electrons. The summed E-state index contributed by atoms with van der Waals surface area (Å²) in [7, 11) is 0. The van der Waals surface area contributed by atoms with Crippen molar-refractivity contribution in [3.8, 4) is 5.75 Å². The van der Waals surface area contributed by atoms with Gasteiger partial charge in [-0.25, -0.2) is 0 Å². The zero-order chi connectivity index (χ0) is 16.9. The lowest BCUT2D eigenvalue weighted by atomic mass is 10.1. The highest BCUT2D eigenvalue weighted by Crippen LogP contribution is 2.26. The second-order valence-electron chi connectivity index (χ2n) is 6.17. The lowest BCUT2D eigenvalue weighted by molar-refractivity contribution is 0.163. The van der Waals surface area contributed by atoms with Crippen molar-refractivity contribution in [2.75, 3.05) is 18.4 Å². The molecule has 2 aromatic heterocycles. The molecule has 0 saturated carbocycles. The monoisotopic (exact) mass is 335 g/mol. The minimum atomic E-state index is 0.264. The topological polar surface area (TPSA) is 72.0 Å². The predicted molar refractivity (Wildman–Crippen MR) is 97.6 cm³/mol. The lowest BCUT2D eigenvalue weighted by Gasteiger charge is -2.25. The van der Waals surface area contributed by atoms with Crippen LogP contribution in [0.15, 0.2) is 49.1 Å². The number of anilines is 1. The van der Waals surface area contributed by atoms with Gasteiger partial charge in [0.15, 0.2) is 0 Å². The van der Waals surface area contributed by atoms with Crippen LogP contribution in [0.3, 0.4) is 0 Å². The van der Waals surface area contributed by atoms with Crippen LogP contribution in [0.25, 0.3) is 11.0 Å². The smallest absolute Gasteiger partial charge is 0.145 e. The highest BCUT2D eigenvalue weighted by molar-refractivity contribution is 5.74. The summed E-state index contributed by atoms with van der Waals surface area (Å²) in [5.41, 5.74) is 3.87. The van der Waals surface area contributed by atoms with E-state index in [0.29, 0.717) is 6.54 Å². The van der Waals surface area contributed by atoms with E-state index in [1.54, 1.807) is 18.6 Å². The molecule has 0 atom stereocenters. The zero-order valence-electron chi connectivity index (χ0n) is 14.0. The van der Waals surface area contributed by atoms with Crippen molar-refractivity contribution in [3.05, 3.63) is 54.6 Å². The summed E-state index contributed by atoms with van der Waals surface area (Å²) in [4.78, 5) is 12.9. The molecule has 0 aliphatic carbocycles. The fourth-order valence-corrected chi connectivity index (χ4v) is 3.03. The van der Waals surface area contributed by atoms with Gasteiger partial charge in [-0.1, -0.05) is 6.07 Å². The van der Waals surface area contributed by atoms with Crippen LogP contribution in [-0.4, -0.2) is 34.1 Å². The van der Waals surface area contributed by atoms with E-state index in [1.165, 1.54) is 0 Å².